The van der Waals surface area contributed by atoms with Gasteiger partial charge in [-0.2, -0.15) is 0 Å². The van der Waals surface area contributed by atoms with Crippen LogP contribution in [0, 0.1) is 6.92 Å². The van der Waals surface area contributed by atoms with Crippen molar-refractivity contribution in [1.82, 2.24) is 10.6 Å². The molecular formula is C13H15BrN2O5. The van der Waals surface area contributed by atoms with Gasteiger partial charge in [-0.1, -0.05) is 15.9 Å². The first-order chi connectivity index (χ1) is 9.76. The molecule has 0 spiro atoms. The zero-order valence-electron chi connectivity index (χ0n) is 11.7. The van der Waals surface area contributed by atoms with Gasteiger partial charge in [-0.15, -0.1) is 0 Å². The van der Waals surface area contributed by atoms with Crippen LogP contribution in [0.5, 0.6) is 5.75 Å². The topological polar surface area (TPSA) is 105 Å². The van der Waals surface area contributed by atoms with Gasteiger partial charge in [0.05, 0.1) is 0 Å². The lowest BCUT2D eigenvalue weighted by atomic mass is 10.1. The molecule has 1 unspecified atom stereocenters. The molecule has 1 atom stereocenters. The van der Waals surface area contributed by atoms with Crippen molar-refractivity contribution in [3.8, 4) is 5.75 Å². The van der Waals surface area contributed by atoms with Gasteiger partial charge in [-0.05, 0) is 31.5 Å². The predicted octanol–water partition coefficient (Wildman–Crippen LogP) is 1.68. The van der Waals surface area contributed by atoms with E-state index in [-0.39, 0.29) is 11.3 Å². The zero-order valence-corrected chi connectivity index (χ0v) is 13.3. The number of hydrogen-bond donors (Lipinski definition) is 3. The molecule has 0 aliphatic carbocycles. The Morgan fingerprint density at radius 2 is 1.95 bits per heavy atom. The molecule has 0 fully saturated rings. The summed E-state index contributed by atoms with van der Waals surface area (Å²) in [5.41, 5.74) is 0.489. The number of imide groups is 1. The van der Waals surface area contributed by atoms with Gasteiger partial charge >= 0.3 is 12.0 Å². The van der Waals surface area contributed by atoms with Gasteiger partial charge in [0.1, 0.15) is 11.3 Å². The van der Waals surface area contributed by atoms with E-state index in [0.29, 0.717) is 10.0 Å². The predicted molar refractivity (Wildman–Crippen MR) is 78.5 cm³/mol. The first-order valence-corrected chi connectivity index (χ1v) is 6.78. The Kier molecular flexibility index (Phi) is 5.71. The number of carbonyl (C=O) groups is 3. The maximum Gasteiger partial charge on any atom is 0.339 e. The minimum absolute atomic E-state index is 0.0681. The Labute approximate surface area is 129 Å². The van der Waals surface area contributed by atoms with Gasteiger partial charge < -0.3 is 15.2 Å². The fourth-order valence-electron chi connectivity index (χ4n) is 1.55. The Morgan fingerprint density at radius 1 is 1.33 bits per heavy atom. The molecule has 21 heavy (non-hydrogen) atoms. The molecular weight excluding hydrogens is 344 g/mol. The summed E-state index contributed by atoms with van der Waals surface area (Å²) in [6.07, 6.45) is -1.03. The first-order valence-electron chi connectivity index (χ1n) is 5.99. The van der Waals surface area contributed by atoms with Crippen molar-refractivity contribution in [2.45, 2.75) is 20.0 Å². The molecule has 3 N–H and O–H groups in total. The standard InChI is InChI=1S/C13H15BrN2O5/c1-6-4-8(14)5-9(12(18)19)10(6)21-7(2)11(17)16-13(20)15-3/h4-5,7H,1-3H3,(H,18,19)(H2,15,16,17,20). The number of aryl methyl sites for hydroxylation is 1. The number of halogens is 1. The second-order valence-corrected chi connectivity index (χ2v) is 5.15. The summed E-state index contributed by atoms with van der Waals surface area (Å²) in [4.78, 5) is 34.0. The molecule has 0 saturated carbocycles. The monoisotopic (exact) mass is 358 g/mol. The molecule has 0 radical (unpaired) electrons. The summed E-state index contributed by atoms with van der Waals surface area (Å²) in [6, 6.07) is 2.39. The van der Waals surface area contributed by atoms with Crippen LogP contribution < -0.4 is 15.4 Å². The van der Waals surface area contributed by atoms with Crippen LogP contribution >= 0.6 is 15.9 Å². The maximum atomic E-state index is 11.7. The van der Waals surface area contributed by atoms with Crippen molar-refractivity contribution in [3.05, 3.63) is 27.7 Å². The van der Waals surface area contributed by atoms with Crippen LogP contribution in [0.4, 0.5) is 4.79 Å². The number of amides is 3. The molecule has 1 aromatic carbocycles. The normalized spacial score (nSPS) is 11.4. The van der Waals surface area contributed by atoms with E-state index in [9.17, 15) is 19.5 Å². The lowest BCUT2D eigenvalue weighted by Gasteiger charge is -2.17. The van der Waals surface area contributed by atoms with E-state index in [2.05, 4.69) is 26.6 Å². The third-order valence-corrected chi connectivity index (χ3v) is 3.06. The van der Waals surface area contributed by atoms with Crippen LogP contribution in [0.1, 0.15) is 22.8 Å². The molecule has 8 heteroatoms. The van der Waals surface area contributed by atoms with Crippen LogP contribution in [-0.2, 0) is 4.79 Å². The van der Waals surface area contributed by atoms with Gasteiger partial charge in [-0.3, -0.25) is 10.1 Å². The number of hydrogen-bond acceptors (Lipinski definition) is 4. The van der Waals surface area contributed by atoms with Crippen LogP contribution in [0.2, 0.25) is 0 Å². The second kappa shape index (κ2) is 7.07. The largest absolute Gasteiger partial charge is 0.480 e. The van der Waals surface area contributed by atoms with Crippen molar-refractivity contribution in [2.24, 2.45) is 0 Å². The van der Waals surface area contributed by atoms with Crippen molar-refractivity contribution in [3.63, 3.8) is 0 Å². The van der Waals surface area contributed by atoms with Crippen molar-refractivity contribution < 1.29 is 24.2 Å². The quantitative estimate of drug-likeness (QED) is 0.759. The number of aromatic carboxylic acids is 1. The molecule has 0 aliphatic heterocycles. The minimum atomic E-state index is -1.17. The number of benzene rings is 1. The second-order valence-electron chi connectivity index (χ2n) is 4.23. The Bertz CT molecular complexity index is 588. The van der Waals surface area contributed by atoms with Crippen LogP contribution in [0.3, 0.4) is 0 Å². The van der Waals surface area contributed by atoms with E-state index in [0.717, 1.165) is 0 Å². The van der Waals surface area contributed by atoms with Crippen LogP contribution in [0.25, 0.3) is 0 Å². The molecule has 1 aromatic rings. The molecule has 0 bridgehead atoms. The third kappa shape index (κ3) is 4.45. The van der Waals surface area contributed by atoms with Gasteiger partial charge in [-0.25, -0.2) is 9.59 Å². The average molecular weight is 359 g/mol. The molecule has 0 aromatic heterocycles. The Hall–Kier alpha value is -2.09. The Balaban J connectivity index is 2.99. The number of carboxylic acid groups (broad SMARTS) is 1. The van der Waals surface area contributed by atoms with Crippen molar-refractivity contribution >= 4 is 33.8 Å². The van der Waals surface area contributed by atoms with E-state index in [1.807, 2.05) is 0 Å². The molecule has 7 nitrogen and oxygen atoms in total. The van der Waals surface area contributed by atoms with Crippen LogP contribution in [0.15, 0.2) is 16.6 Å². The number of ether oxygens (including phenoxy) is 1. The summed E-state index contributed by atoms with van der Waals surface area (Å²) < 4.78 is 6.00. The van der Waals surface area contributed by atoms with Gasteiger partial charge in [0.15, 0.2) is 6.10 Å². The smallest absolute Gasteiger partial charge is 0.339 e. The molecule has 0 aliphatic rings. The molecule has 0 saturated heterocycles. The number of nitrogens with one attached hydrogen (secondary N) is 2. The van der Waals surface area contributed by atoms with Crippen LogP contribution in [-0.4, -0.2) is 36.2 Å². The molecule has 0 heterocycles. The summed E-state index contributed by atoms with van der Waals surface area (Å²) in [7, 11) is 1.37. The van der Waals surface area contributed by atoms with E-state index in [4.69, 9.17) is 4.74 Å². The fraction of sp³-hybridized carbons (Fsp3) is 0.308. The van der Waals surface area contributed by atoms with E-state index < -0.39 is 24.0 Å². The highest BCUT2D eigenvalue weighted by Gasteiger charge is 2.22. The van der Waals surface area contributed by atoms with E-state index in [1.54, 1.807) is 13.0 Å². The number of carbonyl (C=O) groups excluding carboxylic acids is 2. The SMILES string of the molecule is CNC(=O)NC(=O)C(C)Oc1c(C)cc(Br)cc1C(=O)O. The highest BCUT2D eigenvalue weighted by atomic mass is 79.9. The molecule has 1 rings (SSSR count). The zero-order chi connectivity index (χ0) is 16.2. The van der Waals surface area contributed by atoms with Gasteiger partial charge in [0.25, 0.3) is 5.91 Å². The molecule has 114 valence electrons. The number of carboxylic acids is 1. The summed E-state index contributed by atoms with van der Waals surface area (Å²) in [5.74, 6) is -1.76. The highest BCUT2D eigenvalue weighted by Crippen LogP contribution is 2.29. The Morgan fingerprint density at radius 3 is 2.48 bits per heavy atom. The summed E-state index contributed by atoms with van der Waals surface area (Å²) in [5, 5.41) is 13.5. The highest BCUT2D eigenvalue weighted by molar-refractivity contribution is 9.10. The average Bonchev–Trinajstić information content (AvgIpc) is 2.40. The van der Waals surface area contributed by atoms with E-state index >= 15 is 0 Å². The van der Waals surface area contributed by atoms with Gasteiger partial charge in [0, 0.05) is 11.5 Å². The first kappa shape index (κ1) is 17.0. The third-order valence-electron chi connectivity index (χ3n) is 2.60. The molecule has 3 amide bonds. The van der Waals surface area contributed by atoms with Crippen molar-refractivity contribution in [1.29, 1.82) is 0 Å². The summed E-state index contributed by atoms with van der Waals surface area (Å²) >= 11 is 3.20. The van der Waals surface area contributed by atoms with Crippen molar-refractivity contribution in [2.75, 3.05) is 7.05 Å². The number of urea groups is 1. The number of rotatable bonds is 4. The van der Waals surface area contributed by atoms with E-state index in [1.165, 1.54) is 20.0 Å². The lowest BCUT2D eigenvalue weighted by molar-refractivity contribution is -0.126. The maximum absolute atomic E-state index is 11.7. The fourth-order valence-corrected chi connectivity index (χ4v) is 2.12. The summed E-state index contributed by atoms with van der Waals surface area (Å²) in [6.45, 7) is 3.08. The lowest BCUT2D eigenvalue weighted by Crippen LogP contribution is -2.44. The minimum Gasteiger partial charge on any atom is -0.480 e. The van der Waals surface area contributed by atoms with Gasteiger partial charge in [0.2, 0.25) is 0 Å².